The number of hydrogen-bond acceptors (Lipinski definition) is 5. The molecular formula is C26H26N2O4. The number of anilines is 2. The lowest BCUT2D eigenvalue weighted by Crippen LogP contribution is -2.34. The fourth-order valence-corrected chi connectivity index (χ4v) is 4.10. The lowest BCUT2D eigenvalue weighted by atomic mass is 9.86. The smallest absolute Gasteiger partial charge is 0.306 e. The Balaban J connectivity index is 1.60. The largest absolute Gasteiger partial charge is 0.469 e. The Kier molecular flexibility index (Phi) is 6.52. The molecule has 0 radical (unpaired) electrons. The van der Waals surface area contributed by atoms with Crippen LogP contribution in [0.2, 0.25) is 0 Å². The average molecular weight is 431 g/mol. The van der Waals surface area contributed by atoms with Crippen molar-refractivity contribution in [3.05, 3.63) is 95.1 Å². The summed E-state index contributed by atoms with van der Waals surface area (Å²) < 4.78 is 10.8. The third-order valence-corrected chi connectivity index (χ3v) is 5.72. The number of nitrogens with zero attached hydrogens (tertiary/aromatic N) is 1. The van der Waals surface area contributed by atoms with E-state index in [1.165, 1.54) is 7.11 Å². The van der Waals surface area contributed by atoms with Gasteiger partial charge in [0.25, 0.3) is 5.91 Å². The van der Waals surface area contributed by atoms with Gasteiger partial charge in [0.05, 0.1) is 26.7 Å². The van der Waals surface area contributed by atoms with Crippen LogP contribution in [-0.4, -0.2) is 32.1 Å². The first-order valence-corrected chi connectivity index (χ1v) is 10.6. The van der Waals surface area contributed by atoms with Gasteiger partial charge < -0.3 is 20.1 Å². The van der Waals surface area contributed by atoms with Crippen LogP contribution in [0, 0.1) is 0 Å². The summed E-state index contributed by atoms with van der Waals surface area (Å²) in [5, 5.41) is 0. The molecule has 0 fully saturated rings. The predicted molar refractivity (Wildman–Crippen MR) is 124 cm³/mol. The van der Waals surface area contributed by atoms with Crippen LogP contribution in [-0.2, 0) is 20.9 Å². The predicted octanol–water partition coefficient (Wildman–Crippen LogP) is 4.14. The number of nitrogens with two attached hydrogens (primary N) is 1. The van der Waals surface area contributed by atoms with E-state index in [1.54, 1.807) is 4.90 Å². The summed E-state index contributed by atoms with van der Waals surface area (Å²) in [6.45, 7) is 1.20. The molecule has 4 rings (SSSR count). The van der Waals surface area contributed by atoms with Crippen LogP contribution in [0.3, 0.4) is 0 Å². The highest BCUT2D eigenvalue weighted by atomic mass is 16.5. The second kappa shape index (κ2) is 9.66. The van der Waals surface area contributed by atoms with Crippen molar-refractivity contribution in [2.75, 3.05) is 30.9 Å². The van der Waals surface area contributed by atoms with Crippen molar-refractivity contribution < 1.29 is 19.1 Å². The number of carbonyl (C=O) groups excluding carboxylic acids is 2. The fourth-order valence-electron chi connectivity index (χ4n) is 4.10. The van der Waals surface area contributed by atoms with Crippen LogP contribution in [0.15, 0.2) is 72.8 Å². The van der Waals surface area contributed by atoms with Crippen molar-refractivity contribution in [3.8, 4) is 0 Å². The van der Waals surface area contributed by atoms with Crippen molar-refractivity contribution in [1.29, 1.82) is 0 Å². The topological polar surface area (TPSA) is 81.9 Å². The van der Waals surface area contributed by atoms with Gasteiger partial charge in [-0.3, -0.25) is 9.59 Å². The van der Waals surface area contributed by atoms with Crippen LogP contribution >= 0.6 is 0 Å². The molecular weight excluding hydrogens is 404 g/mol. The SMILES string of the molecule is COC(=O)CC1c2ccccc2C(=O)N(CCOCc2ccc(N)cc2)c2ccccc21. The maximum Gasteiger partial charge on any atom is 0.306 e. The fraction of sp³-hybridized carbons (Fsp3) is 0.231. The molecule has 0 spiro atoms. The summed E-state index contributed by atoms with van der Waals surface area (Å²) in [5.74, 6) is -0.677. The molecule has 1 aliphatic rings. The van der Waals surface area contributed by atoms with Crippen LogP contribution in [0.1, 0.15) is 39.4 Å². The Hall–Kier alpha value is -3.64. The first kappa shape index (κ1) is 21.6. The zero-order valence-corrected chi connectivity index (χ0v) is 18.0. The van der Waals surface area contributed by atoms with Crippen molar-refractivity contribution in [2.45, 2.75) is 18.9 Å². The first-order chi connectivity index (χ1) is 15.6. The molecule has 0 aromatic heterocycles. The third-order valence-electron chi connectivity index (χ3n) is 5.72. The second-order valence-electron chi connectivity index (χ2n) is 7.73. The van der Waals surface area contributed by atoms with Gasteiger partial charge in [-0.2, -0.15) is 0 Å². The van der Waals surface area contributed by atoms with Crippen molar-refractivity contribution in [1.82, 2.24) is 0 Å². The highest BCUT2D eigenvalue weighted by Crippen LogP contribution is 2.40. The number of hydrogen-bond donors (Lipinski definition) is 1. The zero-order valence-electron chi connectivity index (χ0n) is 18.0. The molecule has 1 amide bonds. The first-order valence-electron chi connectivity index (χ1n) is 10.6. The molecule has 0 saturated carbocycles. The third kappa shape index (κ3) is 4.50. The molecule has 164 valence electrons. The van der Waals surface area contributed by atoms with Crippen LogP contribution in [0.5, 0.6) is 0 Å². The van der Waals surface area contributed by atoms with E-state index in [-0.39, 0.29) is 24.2 Å². The number of nitrogen functional groups attached to an aromatic ring is 1. The number of carbonyl (C=O) groups is 2. The molecule has 1 atom stereocenters. The number of rotatable bonds is 7. The highest BCUT2D eigenvalue weighted by molar-refractivity contribution is 6.09. The number of fused-ring (bicyclic) bond motifs is 2. The Morgan fingerprint density at radius 1 is 0.969 bits per heavy atom. The van der Waals surface area contributed by atoms with Crippen molar-refractivity contribution in [2.24, 2.45) is 0 Å². The molecule has 1 unspecified atom stereocenters. The number of amides is 1. The summed E-state index contributed by atoms with van der Waals surface area (Å²) in [7, 11) is 1.38. The van der Waals surface area contributed by atoms with Gasteiger partial charge in [-0.15, -0.1) is 0 Å². The van der Waals surface area contributed by atoms with E-state index in [9.17, 15) is 9.59 Å². The van der Waals surface area contributed by atoms with E-state index in [4.69, 9.17) is 15.2 Å². The number of benzene rings is 3. The lowest BCUT2D eigenvalue weighted by molar-refractivity contribution is -0.140. The Morgan fingerprint density at radius 2 is 1.66 bits per heavy atom. The molecule has 0 aliphatic carbocycles. The molecule has 1 aliphatic heterocycles. The summed E-state index contributed by atoms with van der Waals surface area (Å²) >= 11 is 0. The zero-order chi connectivity index (χ0) is 22.5. The second-order valence-corrected chi connectivity index (χ2v) is 7.73. The molecule has 2 N–H and O–H groups in total. The maximum atomic E-state index is 13.5. The summed E-state index contributed by atoms with van der Waals surface area (Å²) in [4.78, 5) is 27.5. The van der Waals surface area contributed by atoms with E-state index < -0.39 is 0 Å². The number of esters is 1. The van der Waals surface area contributed by atoms with Gasteiger partial charge in [-0.1, -0.05) is 48.5 Å². The minimum absolute atomic E-state index is 0.100. The molecule has 1 heterocycles. The standard InChI is InChI=1S/C26H26N2O4/c1-31-25(29)16-23-20-6-2-3-8-22(20)26(30)28(24-9-5-4-7-21(23)24)14-15-32-17-18-10-12-19(27)13-11-18/h2-13,23H,14-17,27H2,1H3. The highest BCUT2D eigenvalue weighted by Gasteiger charge is 2.33. The summed E-state index contributed by atoms with van der Waals surface area (Å²) in [6, 6.07) is 22.7. The van der Waals surface area contributed by atoms with E-state index >= 15 is 0 Å². The number of ether oxygens (including phenoxy) is 2. The lowest BCUT2D eigenvalue weighted by Gasteiger charge is -2.24. The normalized spacial score (nSPS) is 15.0. The van der Waals surface area contributed by atoms with E-state index in [0.717, 1.165) is 22.4 Å². The molecule has 6 nitrogen and oxygen atoms in total. The molecule has 6 heteroatoms. The average Bonchev–Trinajstić information content (AvgIpc) is 2.92. The van der Waals surface area contributed by atoms with Crippen molar-refractivity contribution in [3.63, 3.8) is 0 Å². The van der Waals surface area contributed by atoms with Crippen molar-refractivity contribution >= 4 is 23.3 Å². The van der Waals surface area contributed by atoms with E-state index in [2.05, 4.69) is 0 Å². The van der Waals surface area contributed by atoms with Gasteiger partial charge in [0.15, 0.2) is 0 Å². The van der Waals surface area contributed by atoms with Crippen LogP contribution < -0.4 is 10.6 Å². The molecule has 0 saturated heterocycles. The molecule has 3 aromatic carbocycles. The molecule has 3 aromatic rings. The van der Waals surface area contributed by atoms with Gasteiger partial charge in [-0.25, -0.2) is 0 Å². The number of para-hydroxylation sites is 1. The Bertz CT molecular complexity index is 1110. The number of methoxy groups -OCH3 is 1. The van der Waals surface area contributed by atoms with E-state index in [1.807, 2.05) is 72.8 Å². The van der Waals surface area contributed by atoms with Crippen LogP contribution in [0.4, 0.5) is 11.4 Å². The molecule has 32 heavy (non-hydrogen) atoms. The monoisotopic (exact) mass is 430 g/mol. The minimum atomic E-state index is -0.313. The van der Waals surface area contributed by atoms with E-state index in [0.29, 0.717) is 31.0 Å². The quantitative estimate of drug-likeness (QED) is 0.346. The van der Waals surface area contributed by atoms with Crippen LogP contribution in [0.25, 0.3) is 0 Å². The van der Waals surface area contributed by atoms with Gasteiger partial charge in [-0.05, 0) is 41.0 Å². The minimum Gasteiger partial charge on any atom is -0.469 e. The summed E-state index contributed by atoms with van der Waals surface area (Å²) in [5.41, 5.74) is 10.6. The Morgan fingerprint density at radius 3 is 2.41 bits per heavy atom. The maximum absolute atomic E-state index is 13.5. The Labute approximate surface area is 187 Å². The van der Waals surface area contributed by atoms with Gasteiger partial charge >= 0.3 is 5.97 Å². The van der Waals surface area contributed by atoms with Gasteiger partial charge in [0.1, 0.15) is 0 Å². The van der Waals surface area contributed by atoms with Gasteiger partial charge in [0.2, 0.25) is 0 Å². The molecule has 0 bridgehead atoms. The summed E-state index contributed by atoms with van der Waals surface area (Å²) in [6.07, 6.45) is 0.166. The van der Waals surface area contributed by atoms with Gasteiger partial charge in [0, 0.05) is 29.4 Å².